The summed E-state index contributed by atoms with van der Waals surface area (Å²) in [5.41, 5.74) is 6.15. The van der Waals surface area contributed by atoms with Gasteiger partial charge < -0.3 is 10.8 Å². The first-order valence-corrected chi connectivity index (χ1v) is 7.88. The molecule has 1 heterocycles. The molecule has 0 aromatic heterocycles. The first-order chi connectivity index (χ1) is 9.43. The van der Waals surface area contributed by atoms with Crippen LogP contribution >= 0.6 is 0 Å². The summed E-state index contributed by atoms with van der Waals surface area (Å²) >= 11 is 0. The molecule has 3 N–H and O–H groups in total. The van der Waals surface area contributed by atoms with Crippen LogP contribution in [0.5, 0.6) is 0 Å². The van der Waals surface area contributed by atoms with Crippen molar-refractivity contribution in [3.05, 3.63) is 29.8 Å². The molecule has 2 rings (SSSR count). The van der Waals surface area contributed by atoms with Crippen molar-refractivity contribution in [2.45, 2.75) is 17.7 Å². The van der Waals surface area contributed by atoms with Crippen LogP contribution < -0.4 is 5.73 Å². The molecule has 0 saturated carbocycles. The van der Waals surface area contributed by atoms with Gasteiger partial charge in [0.15, 0.2) is 0 Å². The summed E-state index contributed by atoms with van der Waals surface area (Å²) in [4.78, 5) is 10.8. The molecule has 1 atom stereocenters. The Morgan fingerprint density at radius 2 is 2.00 bits per heavy atom. The number of sulfonamides is 1. The lowest BCUT2D eigenvalue weighted by Gasteiger charge is -2.16. The van der Waals surface area contributed by atoms with Crippen LogP contribution in [0.15, 0.2) is 29.2 Å². The molecule has 0 spiro atoms. The second-order valence-electron chi connectivity index (χ2n) is 4.97. The van der Waals surface area contributed by atoms with Crippen LogP contribution in [0.3, 0.4) is 0 Å². The van der Waals surface area contributed by atoms with Crippen LogP contribution in [0, 0.1) is 5.92 Å². The minimum atomic E-state index is -3.50. The third kappa shape index (κ3) is 3.17. The molecule has 7 heteroatoms. The average molecular weight is 298 g/mol. The van der Waals surface area contributed by atoms with E-state index >= 15 is 0 Å². The number of nitrogens with two attached hydrogens (primary N) is 1. The minimum absolute atomic E-state index is 0.112. The summed E-state index contributed by atoms with van der Waals surface area (Å²) in [5.74, 6) is -0.720. The van der Waals surface area contributed by atoms with Gasteiger partial charge in [-0.05, 0) is 36.6 Å². The van der Waals surface area contributed by atoms with Gasteiger partial charge in [-0.1, -0.05) is 12.1 Å². The minimum Gasteiger partial charge on any atom is -0.481 e. The highest BCUT2D eigenvalue weighted by molar-refractivity contribution is 7.89. The van der Waals surface area contributed by atoms with Crippen molar-refractivity contribution in [2.75, 3.05) is 19.6 Å². The highest BCUT2D eigenvalue weighted by Gasteiger charge is 2.31. The normalized spacial score (nSPS) is 20.1. The second-order valence-corrected chi connectivity index (χ2v) is 6.91. The maximum absolute atomic E-state index is 12.4. The van der Waals surface area contributed by atoms with Gasteiger partial charge >= 0.3 is 5.97 Å². The van der Waals surface area contributed by atoms with Crippen LogP contribution in [-0.4, -0.2) is 43.4 Å². The number of rotatable bonds is 5. The number of aliphatic carboxylic acids is 1. The van der Waals surface area contributed by atoms with Gasteiger partial charge in [-0.15, -0.1) is 0 Å². The molecule has 1 fully saturated rings. The highest BCUT2D eigenvalue weighted by atomic mass is 32.2. The third-order valence-electron chi connectivity index (χ3n) is 3.50. The average Bonchev–Trinajstić information content (AvgIpc) is 2.88. The molecule has 6 nitrogen and oxygen atoms in total. The zero-order valence-corrected chi connectivity index (χ0v) is 11.8. The zero-order valence-electron chi connectivity index (χ0n) is 11.0. The molecule has 1 saturated heterocycles. The molecule has 20 heavy (non-hydrogen) atoms. The monoisotopic (exact) mass is 298 g/mol. The number of nitrogens with zero attached hydrogens (tertiary/aromatic N) is 1. The van der Waals surface area contributed by atoms with Crippen molar-refractivity contribution < 1.29 is 18.3 Å². The highest BCUT2D eigenvalue weighted by Crippen LogP contribution is 2.24. The van der Waals surface area contributed by atoms with Crippen molar-refractivity contribution in [1.29, 1.82) is 0 Å². The number of hydrogen-bond acceptors (Lipinski definition) is 4. The van der Waals surface area contributed by atoms with E-state index in [1.807, 2.05) is 0 Å². The maximum Gasteiger partial charge on any atom is 0.307 e. The summed E-state index contributed by atoms with van der Waals surface area (Å²) in [7, 11) is -3.50. The largest absolute Gasteiger partial charge is 0.481 e. The van der Waals surface area contributed by atoms with Gasteiger partial charge in [0, 0.05) is 13.1 Å². The Labute approximate surface area is 118 Å². The quantitative estimate of drug-likeness (QED) is 0.813. The number of hydrogen-bond donors (Lipinski definition) is 2. The van der Waals surface area contributed by atoms with Crippen molar-refractivity contribution in [3.8, 4) is 0 Å². The lowest BCUT2D eigenvalue weighted by atomic mass is 10.1. The second kappa shape index (κ2) is 5.90. The molecule has 1 aromatic rings. The van der Waals surface area contributed by atoms with E-state index in [1.54, 1.807) is 0 Å². The number of carboxylic acid groups (broad SMARTS) is 1. The van der Waals surface area contributed by atoms with Gasteiger partial charge in [-0.25, -0.2) is 8.42 Å². The molecule has 1 unspecified atom stereocenters. The van der Waals surface area contributed by atoms with E-state index in [4.69, 9.17) is 10.8 Å². The van der Waals surface area contributed by atoms with Gasteiger partial charge in [0.05, 0.1) is 11.3 Å². The topological polar surface area (TPSA) is 101 Å². The molecule has 1 aliphatic heterocycles. The molecule has 0 bridgehead atoms. The fraction of sp³-hybridized carbons (Fsp3) is 0.462. The van der Waals surface area contributed by atoms with Crippen LogP contribution in [0.1, 0.15) is 12.0 Å². The predicted molar refractivity (Wildman–Crippen MR) is 73.7 cm³/mol. The van der Waals surface area contributed by atoms with Gasteiger partial charge in [0.1, 0.15) is 0 Å². The van der Waals surface area contributed by atoms with Crippen molar-refractivity contribution >= 4 is 16.0 Å². The molecular formula is C13H18N2O4S. The van der Waals surface area contributed by atoms with E-state index in [-0.39, 0.29) is 17.2 Å². The Kier molecular flexibility index (Phi) is 4.42. The Hall–Kier alpha value is -1.44. The lowest BCUT2D eigenvalue weighted by molar-refractivity contribution is -0.136. The Balaban J connectivity index is 2.16. The maximum atomic E-state index is 12.4. The van der Waals surface area contributed by atoms with E-state index in [0.29, 0.717) is 25.2 Å². The Bertz CT molecular complexity index is 583. The molecule has 0 radical (unpaired) electrons. The third-order valence-corrected chi connectivity index (χ3v) is 5.38. The fourth-order valence-corrected chi connectivity index (χ4v) is 3.84. The SMILES string of the molecule is NCC1CCN(S(=O)(=O)c2ccc(CC(=O)O)cc2)C1. The molecule has 110 valence electrons. The number of carboxylic acids is 1. The first kappa shape index (κ1) is 15.0. The molecule has 1 aliphatic rings. The Morgan fingerprint density at radius 3 is 2.50 bits per heavy atom. The zero-order chi connectivity index (χ0) is 14.8. The molecular weight excluding hydrogens is 280 g/mol. The summed E-state index contributed by atoms with van der Waals surface area (Å²) in [6.07, 6.45) is 0.673. The van der Waals surface area contributed by atoms with Crippen LogP contribution in [0.2, 0.25) is 0 Å². The van der Waals surface area contributed by atoms with E-state index in [1.165, 1.54) is 28.6 Å². The van der Waals surface area contributed by atoms with E-state index in [9.17, 15) is 13.2 Å². The molecule has 1 aromatic carbocycles. The van der Waals surface area contributed by atoms with Gasteiger partial charge in [-0.2, -0.15) is 4.31 Å². The van der Waals surface area contributed by atoms with E-state index in [0.717, 1.165) is 6.42 Å². The van der Waals surface area contributed by atoms with E-state index < -0.39 is 16.0 Å². The lowest BCUT2D eigenvalue weighted by Crippen LogP contribution is -2.30. The van der Waals surface area contributed by atoms with Crippen LogP contribution in [0.4, 0.5) is 0 Å². The number of carbonyl (C=O) groups is 1. The predicted octanol–water partition coefficient (Wildman–Crippen LogP) is 0.283. The van der Waals surface area contributed by atoms with Gasteiger partial charge in [-0.3, -0.25) is 4.79 Å². The molecule has 0 amide bonds. The van der Waals surface area contributed by atoms with Crippen molar-refractivity contribution in [2.24, 2.45) is 11.7 Å². The van der Waals surface area contributed by atoms with E-state index in [2.05, 4.69) is 0 Å². The summed E-state index contributed by atoms with van der Waals surface area (Å²) in [6.45, 7) is 1.43. The van der Waals surface area contributed by atoms with Crippen molar-refractivity contribution in [1.82, 2.24) is 4.31 Å². The van der Waals surface area contributed by atoms with Gasteiger partial charge in [0.2, 0.25) is 10.0 Å². The van der Waals surface area contributed by atoms with Crippen LogP contribution in [0.25, 0.3) is 0 Å². The molecule has 0 aliphatic carbocycles. The number of benzene rings is 1. The van der Waals surface area contributed by atoms with Crippen molar-refractivity contribution in [3.63, 3.8) is 0 Å². The summed E-state index contributed by atoms with van der Waals surface area (Å²) in [5, 5.41) is 8.69. The summed E-state index contributed by atoms with van der Waals surface area (Å²) < 4.78 is 26.2. The smallest absolute Gasteiger partial charge is 0.307 e. The first-order valence-electron chi connectivity index (χ1n) is 6.44. The Morgan fingerprint density at radius 1 is 1.35 bits per heavy atom. The standard InChI is InChI=1S/C13H18N2O4S/c14-8-11-5-6-15(9-11)20(18,19)12-3-1-10(2-4-12)7-13(16)17/h1-4,11H,5-9,14H2,(H,16,17). The van der Waals surface area contributed by atoms with Crippen LogP contribution in [-0.2, 0) is 21.2 Å². The fourth-order valence-electron chi connectivity index (χ4n) is 2.31. The summed E-state index contributed by atoms with van der Waals surface area (Å²) in [6, 6.07) is 6.00. The van der Waals surface area contributed by atoms with Gasteiger partial charge in [0.25, 0.3) is 0 Å².